The molecular weight excluding hydrogens is 1550 g/mol. The molecule has 0 heterocycles. The van der Waals surface area contributed by atoms with Gasteiger partial charge in [0.25, 0.3) is 0 Å². The molecule has 0 N–H and O–H groups in total. The van der Waals surface area contributed by atoms with E-state index in [9.17, 15) is 0 Å². The zero-order valence-corrected chi connectivity index (χ0v) is 72.6. The second-order valence-corrected chi connectivity index (χ2v) is 30.8. The molecule has 4 nitrogen and oxygen atoms in total. The van der Waals surface area contributed by atoms with Gasteiger partial charge in [0, 0.05) is 68.2 Å². The summed E-state index contributed by atoms with van der Waals surface area (Å²) in [5.41, 5.74) is 37.1. The van der Waals surface area contributed by atoms with Gasteiger partial charge in [-0.2, -0.15) is 0 Å². The van der Waals surface area contributed by atoms with Gasteiger partial charge in [0.05, 0.1) is 0 Å². The van der Waals surface area contributed by atoms with Gasteiger partial charge in [-0.3, -0.25) is 0 Å². The molecule has 0 bridgehead atoms. The summed E-state index contributed by atoms with van der Waals surface area (Å²) in [4.78, 5) is 9.30. The number of rotatable bonds is 22. The van der Waals surface area contributed by atoms with Crippen molar-refractivity contribution in [3.05, 3.63) is 534 Å². The third-order valence-corrected chi connectivity index (χ3v) is 23.0. The Balaban J connectivity index is 0.000000173. The van der Waals surface area contributed by atoms with Crippen molar-refractivity contribution in [3.8, 4) is 111 Å². The highest BCUT2D eigenvalue weighted by Crippen LogP contribution is 2.44. The van der Waals surface area contributed by atoms with Crippen molar-refractivity contribution >= 4 is 68.2 Å². The van der Waals surface area contributed by atoms with E-state index in [4.69, 9.17) is 0 Å². The van der Waals surface area contributed by atoms with E-state index in [0.717, 1.165) is 90.5 Å². The van der Waals surface area contributed by atoms with Gasteiger partial charge in [0.2, 0.25) is 0 Å². The maximum Gasteiger partial charge on any atom is 0.0462 e. The van der Waals surface area contributed by atoms with E-state index in [2.05, 4.69) is 553 Å². The van der Waals surface area contributed by atoms with Crippen LogP contribution in [-0.2, 0) is 0 Å². The molecular formula is C124H100N4. The van der Waals surface area contributed by atoms with Crippen LogP contribution < -0.4 is 19.6 Å². The van der Waals surface area contributed by atoms with E-state index in [1.165, 1.54) is 89.0 Å². The monoisotopic (exact) mass is 1640 g/mol. The van der Waals surface area contributed by atoms with Gasteiger partial charge in [-0.15, -0.1) is 0 Å². The quantitative estimate of drug-likeness (QED) is 0.0670. The average Bonchev–Trinajstić information content (AvgIpc) is 0.796. The van der Waals surface area contributed by atoms with Crippen LogP contribution in [0.2, 0.25) is 0 Å². The fraction of sp³-hybridized carbons (Fsp3) is 0.0323. The molecule has 20 aromatic carbocycles. The van der Waals surface area contributed by atoms with Crippen LogP contribution in [0.1, 0.15) is 27.7 Å². The van der Waals surface area contributed by atoms with Crippen molar-refractivity contribution in [2.24, 2.45) is 0 Å². The first kappa shape index (κ1) is 83.8. The fourth-order valence-electron chi connectivity index (χ4n) is 16.5. The second kappa shape index (κ2) is 41.2. The van der Waals surface area contributed by atoms with Crippen LogP contribution >= 0.6 is 0 Å². The molecule has 0 aliphatic rings. The number of benzene rings is 20. The van der Waals surface area contributed by atoms with E-state index in [-0.39, 0.29) is 0 Å². The lowest BCUT2D eigenvalue weighted by molar-refractivity contribution is 1.28. The Morgan fingerprint density at radius 2 is 0.180 bits per heavy atom. The third kappa shape index (κ3) is 19.8. The summed E-state index contributed by atoms with van der Waals surface area (Å²) in [5.74, 6) is 0. The van der Waals surface area contributed by atoms with Crippen LogP contribution in [-0.4, -0.2) is 0 Å². The van der Waals surface area contributed by atoms with Crippen molar-refractivity contribution < 1.29 is 0 Å². The SMILES string of the molecule is CC.CC.c1ccc(-c2ccc(-c3ccc(N(c4ccc(-c5ccccc5)cc4)c4ccc(-c5ccc(N(c6ccccc6)c6ccc(-c7ccccc7)cc6)cc5)cc4)cc3)cc2)cc1.c1ccc(-c2ccc(N(c3ccccc3)c3ccc(-c4ccc(N(c5ccc(-c6ccccc6)cc5)c5ccc(-c6cccc(-c7ccccc7)c6)cc5)cc4)cc3)cc2)cc1. The molecule has 0 amide bonds. The summed E-state index contributed by atoms with van der Waals surface area (Å²) in [5, 5.41) is 0. The summed E-state index contributed by atoms with van der Waals surface area (Å²) >= 11 is 0. The molecule has 0 unspecified atom stereocenters. The molecule has 616 valence electrons. The lowest BCUT2D eigenvalue weighted by atomic mass is 9.98. The van der Waals surface area contributed by atoms with Crippen molar-refractivity contribution in [3.63, 3.8) is 0 Å². The second-order valence-electron chi connectivity index (χ2n) is 30.8. The molecule has 0 spiro atoms. The smallest absolute Gasteiger partial charge is 0.0462 e. The number of hydrogen-bond acceptors (Lipinski definition) is 4. The van der Waals surface area contributed by atoms with E-state index in [1.54, 1.807) is 0 Å². The normalized spacial score (nSPS) is 10.7. The van der Waals surface area contributed by atoms with Gasteiger partial charge < -0.3 is 19.6 Å². The predicted molar refractivity (Wildman–Crippen MR) is 549 cm³/mol. The molecule has 128 heavy (non-hydrogen) atoms. The highest BCUT2D eigenvalue weighted by Gasteiger charge is 2.20. The van der Waals surface area contributed by atoms with Crippen molar-refractivity contribution in [2.75, 3.05) is 19.6 Å². The minimum atomic E-state index is 1.09. The highest BCUT2D eigenvalue weighted by molar-refractivity contribution is 5.88. The number of anilines is 12. The molecule has 0 aliphatic heterocycles. The van der Waals surface area contributed by atoms with Gasteiger partial charge in [0.15, 0.2) is 0 Å². The summed E-state index contributed by atoms with van der Waals surface area (Å²) in [6.45, 7) is 8.00. The Bertz CT molecular complexity index is 6790. The number of nitrogens with zero attached hydrogens (tertiary/aromatic N) is 4. The van der Waals surface area contributed by atoms with Crippen molar-refractivity contribution in [2.45, 2.75) is 27.7 Å². The minimum Gasteiger partial charge on any atom is -0.311 e. The van der Waals surface area contributed by atoms with Crippen LogP contribution in [0.5, 0.6) is 0 Å². The predicted octanol–water partition coefficient (Wildman–Crippen LogP) is 36.0. The molecule has 0 saturated heterocycles. The zero-order valence-electron chi connectivity index (χ0n) is 72.6. The van der Waals surface area contributed by atoms with Crippen LogP contribution in [0.25, 0.3) is 111 Å². The molecule has 4 heteroatoms. The molecule has 20 aromatic rings. The molecule has 0 fully saturated rings. The lowest BCUT2D eigenvalue weighted by Crippen LogP contribution is -2.10. The summed E-state index contributed by atoms with van der Waals surface area (Å²) in [6.07, 6.45) is 0. The van der Waals surface area contributed by atoms with E-state index in [1.807, 2.05) is 27.7 Å². The fourth-order valence-corrected chi connectivity index (χ4v) is 16.5. The maximum atomic E-state index is 2.34. The molecule has 0 atom stereocenters. The van der Waals surface area contributed by atoms with Crippen LogP contribution in [0.3, 0.4) is 0 Å². The van der Waals surface area contributed by atoms with Gasteiger partial charge in [-0.25, -0.2) is 0 Å². The van der Waals surface area contributed by atoms with Gasteiger partial charge >= 0.3 is 0 Å². The minimum absolute atomic E-state index is 1.09. The molecule has 20 rings (SSSR count). The molecule has 0 radical (unpaired) electrons. The van der Waals surface area contributed by atoms with Gasteiger partial charge in [0.1, 0.15) is 0 Å². The standard InChI is InChI=1S/2C60H44N2.2C2H6/c1-5-14-45(15-6-1)48-24-34-56(35-25-48)61(55-22-11-4-12-23-55)57-38-28-50(29-39-57)51-30-40-59(41-31-51)62(58-36-26-49(27-37-58)46-16-7-2-8-17-46)60-42-32-52(33-43-60)54-21-13-20-53(44-54)47-18-9-3-10-19-47;1-5-13-45(14-6-1)48-21-23-49(24-22-48)52-29-41-59(42-30-52)62(58-37-27-51(28-38-58)47-17-9-3-10-18-47)60-43-33-54(34-44-60)53-31-39-57(40-32-53)61(55-19-11-4-12-20-55)56-35-25-50(26-36-56)46-15-7-2-8-16-46;2*1-2/h2*1-44H;2*1-2H3. The topological polar surface area (TPSA) is 13.0 Å². The summed E-state index contributed by atoms with van der Waals surface area (Å²) < 4.78 is 0. The first-order valence-corrected chi connectivity index (χ1v) is 44.3. The number of hydrogen-bond donors (Lipinski definition) is 0. The summed E-state index contributed by atoms with van der Waals surface area (Å²) in [7, 11) is 0. The highest BCUT2D eigenvalue weighted by atomic mass is 15.2. The Labute approximate surface area is 755 Å². The Morgan fingerprint density at radius 1 is 0.0859 bits per heavy atom. The maximum absolute atomic E-state index is 2.34. The van der Waals surface area contributed by atoms with Crippen molar-refractivity contribution in [1.29, 1.82) is 0 Å². The first-order chi connectivity index (χ1) is 63.5. The van der Waals surface area contributed by atoms with Gasteiger partial charge in [-0.05, 0) is 263 Å². The lowest BCUT2D eigenvalue weighted by Gasteiger charge is -2.26. The Hall–Kier alpha value is -16.4. The van der Waals surface area contributed by atoms with Crippen LogP contribution in [0.4, 0.5) is 68.2 Å². The van der Waals surface area contributed by atoms with E-state index >= 15 is 0 Å². The van der Waals surface area contributed by atoms with Crippen LogP contribution in [0.15, 0.2) is 534 Å². The molecule has 0 aliphatic carbocycles. The zero-order chi connectivity index (χ0) is 87.0. The van der Waals surface area contributed by atoms with Crippen LogP contribution in [0, 0.1) is 0 Å². The summed E-state index contributed by atoms with van der Waals surface area (Å²) in [6, 6.07) is 191. The Kier molecular flexibility index (Phi) is 27.0. The molecule has 0 aromatic heterocycles. The average molecular weight is 1650 g/mol. The van der Waals surface area contributed by atoms with Crippen molar-refractivity contribution in [1.82, 2.24) is 0 Å². The number of para-hydroxylation sites is 2. The van der Waals surface area contributed by atoms with E-state index in [0.29, 0.717) is 0 Å². The van der Waals surface area contributed by atoms with Gasteiger partial charge in [-0.1, -0.05) is 410 Å². The first-order valence-electron chi connectivity index (χ1n) is 44.3. The molecule has 0 saturated carbocycles. The largest absolute Gasteiger partial charge is 0.311 e. The van der Waals surface area contributed by atoms with E-state index < -0.39 is 0 Å². The third-order valence-electron chi connectivity index (χ3n) is 23.0. The Morgan fingerprint density at radius 3 is 0.328 bits per heavy atom.